The van der Waals surface area contributed by atoms with Crippen molar-refractivity contribution in [1.29, 1.82) is 0 Å². The minimum Gasteiger partial charge on any atom is -0.452 e. The molecule has 4 nitrogen and oxygen atoms in total. The number of ketones is 1. The number of hydrogen-bond donors (Lipinski definition) is 0. The first kappa shape index (κ1) is 19.4. The summed E-state index contributed by atoms with van der Waals surface area (Å²) >= 11 is 0. The molecule has 3 aromatic rings. The highest BCUT2D eigenvalue weighted by Gasteiger charge is 2.30. The Morgan fingerprint density at radius 2 is 1.77 bits per heavy atom. The molecular formula is C26H20O4. The first-order valence-electron chi connectivity index (χ1n) is 9.61. The zero-order valence-electron chi connectivity index (χ0n) is 16.7. The van der Waals surface area contributed by atoms with E-state index in [-0.39, 0.29) is 11.5 Å². The smallest absolute Gasteiger partial charge is 0.343 e. The Labute approximate surface area is 175 Å². The van der Waals surface area contributed by atoms with Crippen LogP contribution in [0, 0.1) is 13.8 Å². The van der Waals surface area contributed by atoms with Gasteiger partial charge in [-0.05, 0) is 49.8 Å². The molecule has 0 atom stereocenters. The number of allylic oxidation sites excluding steroid dienone is 3. The van der Waals surface area contributed by atoms with Gasteiger partial charge in [0.1, 0.15) is 11.5 Å². The first-order valence-corrected chi connectivity index (χ1v) is 9.61. The number of Topliss-reactive ketones (excluding diaryl/α,β-unsaturated/α-hetero) is 1. The van der Waals surface area contributed by atoms with Gasteiger partial charge in [0.2, 0.25) is 5.78 Å². The number of carbonyl (C=O) groups excluding carboxylic acids is 2. The number of ether oxygens (including phenoxy) is 2. The van der Waals surface area contributed by atoms with Crippen molar-refractivity contribution >= 4 is 17.8 Å². The lowest BCUT2D eigenvalue weighted by molar-refractivity contribution is 0.0733. The van der Waals surface area contributed by atoms with Gasteiger partial charge in [0, 0.05) is 5.56 Å². The average molecular weight is 396 g/mol. The molecule has 4 rings (SSSR count). The maximum absolute atomic E-state index is 12.6. The largest absolute Gasteiger partial charge is 0.452 e. The van der Waals surface area contributed by atoms with Crippen LogP contribution in [0.5, 0.6) is 11.5 Å². The average Bonchev–Trinajstić information content (AvgIpc) is 3.07. The van der Waals surface area contributed by atoms with Crippen LogP contribution in [0.3, 0.4) is 0 Å². The Balaban J connectivity index is 1.55. The van der Waals surface area contributed by atoms with Gasteiger partial charge in [-0.15, -0.1) is 0 Å². The Morgan fingerprint density at radius 3 is 2.53 bits per heavy atom. The van der Waals surface area contributed by atoms with Crippen LogP contribution < -0.4 is 9.47 Å². The molecule has 0 radical (unpaired) electrons. The Morgan fingerprint density at radius 1 is 0.967 bits per heavy atom. The van der Waals surface area contributed by atoms with Crippen LogP contribution in [0.2, 0.25) is 0 Å². The lowest BCUT2D eigenvalue weighted by Crippen LogP contribution is -2.09. The fraction of sp³-hybridized carbons (Fsp3) is 0.0769. The fourth-order valence-corrected chi connectivity index (χ4v) is 3.23. The second-order valence-electron chi connectivity index (χ2n) is 7.06. The SMILES string of the molecule is Cc1cccc(C(=O)Oc2ccc3c(c2C)O/C(=C\C=C\c2ccccc2)C3=O)c1. The van der Waals surface area contributed by atoms with Gasteiger partial charge in [0.05, 0.1) is 11.1 Å². The van der Waals surface area contributed by atoms with E-state index < -0.39 is 5.97 Å². The molecule has 0 aliphatic carbocycles. The van der Waals surface area contributed by atoms with Crippen LogP contribution in [-0.4, -0.2) is 11.8 Å². The monoisotopic (exact) mass is 396 g/mol. The molecule has 0 bridgehead atoms. The summed E-state index contributed by atoms with van der Waals surface area (Å²) in [6, 6.07) is 20.2. The van der Waals surface area contributed by atoms with Gasteiger partial charge in [-0.3, -0.25) is 4.79 Å². The number of rotatable bonds is 4. The minimum absolute atomic E-state index is 0.192. The van der Waals surface area contributed by atoms with Crippen molar-refractivity contribution in [2.75, 3.05) is 0 Å². The normalized spacial score (nSPS) is 14.1. The number of esters is 1. The third-order valence-corrected chi connectivity index (χ3v) is 4.83. The van der Waals surface area contributed by atoms with Crippen LogP contribution in [0.4, 0.5) is 0 Å². The highest BCUT2D eigenvalue weighted by atomic mass is 16.5. The van der Waals surface area contributed by atoms with Crippen molar-refractivity contribution < 1.29 is 19.1 Å². The molecule has 0 fully saturated rings. The molecule has 0 saturated carbocycles. The van der Waals surface area contributed by atoms with E-state index in [2.05, 4.69) is 0 Å². The highest BCUT2D eigenvalue weighted by molar-refractivity contribution is 6.13. The third kappa shape index (κ3) is 3.94. The van der Waals surface area contributed by atoms with Crippen molar-refractivity contribution in [3.8, 4) is 11.5 Å². The number of carbonyl (C=O) groups is 2. The van der Waals surface area contributed by atoms with Crippen LogP contribution in [0.1, 0.15) is 37.4 Å². The predicted molar refractivity (Wildman–Crippen MR) is 116 cm³/mol. The Bertz CT molecular complexity index is 1190. The number of aryl methyl sites for hydroxylation is 1. The van der Waals surface area contributed by atoms with Gasteiger partial charge in [-0.2, -0.15) is 0 Å². The Hall–Kier alpha value is -3.92. The van der Waals surface area contributed by atoms with E-state index in [9.17, 15) is 9.59 Å². The molecule has 0 aromatic heterocycles. The highest BCUT2D eigenvalue weighted by Crippen LogP contribution is 2.39. The van der Waals surface area contributed by atoms with E-state index in [0.29, 0.717) is 28.2 Å². The van der Waals surface area contributed by atoms with Gasteiger partial charge in [-0.25, -0.2) is 4.79 Å². The van der Waals surface area contributed by atoms with Gasteiger partial charge in [0.25, 0.3) is 0 Å². The number of fused-ring (bicyclic) bond motifs is 1. The number of hydrogen-bond acceptors (Lipinski definition) is 4. The molecule has 0 unspecified atom stereocenters. The maximum Gasteiger partial charge on any atom is 0.343 e. The topological polar surface area (TPSA) is 52.6 Å². The van der Waals surface area contributed by atoms with Crippen molar-refractivity contribution in [3.63, 3.8) is 0 Å². The molecule has 1 heterocycles. The van der Waals surface area contributed by atoms with Gasteiger partial charge < -0.3 is 9.47 Å². The summed E-state index contributed by atoms with van der Waals surface area (Å²) in [4.78, 5) is 25.1. The molecule has 1 aliphatic rings. The van der Waals surface area contributed by atoms with E-state index in [1.54, 1.807) is 43.3 Å². The molecule has 148 valence electrons. The lowest BCUT2D eigenvalue weighted by atomic mass is 10.1. The zero-order valence-corrected chi connectivity index (χ0v) is 16.7. The number of benzene rings is 3. The fourth-order valence-electron chi connectivity index (χ4n) is 3.23. The second-order valence-corrected chi connectivity index (χ2v) is 7.06. The van der Waals surface area contributed by atoms with Gasteiger partial charge >= 0.3 is 5.97 Å². The van der Waals surface area contributed by atoms with Crippen molar-refractivity contribution in [1.82, 2.24) is 0 Å². The predicted octanol–water partition coefficient (Wildman–Crippen LogP) is 5.70. The first-order chi connectivity index (χ1) is 14.5. The standard InChI is InChI=1S/C26H20O4/c1-17-8-6-12-20(16-17)26(28)30-22-15-14-21-24(27)23(29-25(21)18(22)2)13-7-11-19-9-4-3-5-10-19/h3-16H,1-2H3/b11-7+,23-13-. The lowest BCUT2D eigenvalue weighted by Gasteiger charge is -2.10. The third-order valence-electron chi connectivity index (χ3n) is 4.83. The summed E-state index contributed by atoms with van der Waals surface area (Å²) in [6.45, 7) is 3.69. The van der Waals surface area contributed by atoms with E-state index in [1.807, 2.05) is 55.5 Å². The van der Waals surface area contributed by atoms with Crippen LogP contribution in [0.15, 0.2) is 84.6 Å². The van der Waals surface area contributed by atoms with Crippen molar-refractivity contribution in [2.24, 2.45) is 0 Å². The summed E-state index contributed by atoms with van der Waals surface area (Å²) in [6.07, 6.45) is 5.32. The van der Waals surface area contributed by atoms with Crippen LogP contribution in [0.25, 0.3) is 6.08 Å². The van der Waals surface area contributed by atoms with Crippen LogP contribution >= 0.6 is 0 Å². The molecule has 1 aliphatic heterocycles. The van der Waals surface area contributed by atoms with E-state index >= 15 is 0 Å². The molecule has 0 saturated heterocycles. The van der Waals surface area contributed by atoms with E-state index in [0.717, 1.165) is 11.1 Å². The van der Waals surface area contributed by atoms with E-state index in [4.69, 9.17) is 9.47 Å². The minimum atomic E-state index is -0.451. The molecule has 4 heteroatoms. The van der Waals surface area contributed by atoms with Crippen molar-refractivity contribution in [2.45, 2.75) is 13.8 Å². The maximum atomic E-state index is 12.6. The summed E-state index contributed by atoms with van der Waals surface area (Å²) in [5.41, 5.74) is 3.54. The molecule has 30 heavy (non-hydrogen) atoms. The second kappa shape index (κ2) is 8.21. The zero-order chi connectivity index (χ0) is 21.1. The van der Waals surface area contributed by atoms with Gasteiger partial charge in [-0.1, -0.05) is 60.2 Å². The summed E-state index contributed by atoms with van der Waals surface area (Å²) < 4.78 is 11.4. The van der Waals surface area contributed by atoms with Crippen molar-refractivity contribution in [3.05, 3.63) is 112 Å². The van der Waals surface area contributed by atoms with Crippen LogP contribution in [-0.2, 0) is 0 Å². The summed E-state index contributed by atoms with van der Waals surface area (Å²) in [7, 11) is 0. The molecule has 0 amide bonds. The summed E-state index contributed by atoms with van der Waals surface area (Å²) in [5.74, 6) is 0.389. The molecule has 0 N–H and O–H groups in total. The summed E-state index contributed by atoms with van der Waals surface area (Å²) in [5, 5.41) is 0. The molecular weight excluding hydrogens is 376 g/mol. The Kier molecular flexibility index (Phi) is 5.31. The molecule has 0 spiro atoms. The van der Waals surface area contributed by atoms with Gasteiger partial charge in [0.15, 0.2) is 5.76 Å². The molecule has 3 aromatic carbocycles. The quantitative estimate of drug-likeness (QED) is 0.323. The van der Waals surface area contributed by atoms with E-state index in [1.165, 1.54) is 0 Å².